The average Bonchev–Trinajstić information content (AvgIpc) is 3.71. The number of nitrogens with one attached hydrogen (secondary N) is 5. The van der Waals surface area contributed by atoms with E-state index in [0.29, 0.717) is 5.56 Å². The molecule has 0 unspecified atom stereocenters. The summed E-state index contributed by atoms with van der Waals surface area (Å²) < 4.78 is 35.8. The third kappa shape index (κ3) is 13.4. The average molecular weight is 877 g/mol. The molecule has 1 fully saturated rings. The molecule has 18 heteroatoms. The molecule has 1 saturated heterocycles. The maximum Gasteiger partial charge on any atom is 0.383 e. The first-order valence-electron chi connectivity index (χ1n) is 21.1. The van der Waals surface area contributed by atoms with Crippen molar-refractivity contribution in [1.29, 1.82) is 0 Å². The number of likely N-dealkylation sites (tertiary alicyclic amines) is 1. The summed E-state index contributed by atoms with van der Waals surface area (Å²) in [6, 6.07) is 10.5. The van der Waals surface area contributed by atoms with Gasteiger partial charge in [0.2, 0.25) is 23.5 Å². The Morgan fingerprint density at radius 2 is 1.56 bits per heavy atom. The van der Waals surface area contributed by atoms with Gasteiger partial charge in [-0.3, -0.25) is 38.5 Å². The van der Waals surface area contributed by atoms with Crippen LogP contribution in [-0.2, 0) is 46.5 Å². The topological polar surface area (TPSA) is 218 Å². The van der Waals surface area contributed by atoms with E-state index in [-0.39, 0.29) is 38.0 Å². The second-order valence-corrected chi connectivity index (χ2v) is 16.2. The Morgan fingerprint density at radius 1 is 0.889 bits per heavy atom. The van der Waals surface area contributed by atoms with Gasteiger partial charge in [0.25, 0.3) is 18.3 Å². The number of amides is 5. The Kier molecular flexibility index (Phi) is 18.3. The molecule has 0 spiro atoms. The summed E-state index contributed by atoms with van der Waals surface area (Å²) in [6.45, 7) is 11.8. The Balaban J connectivity index is 0.000000753. The van der Waals surface area contributed by atoms with Crippen LogP contribution in [0.3, 0.4) is 0 Å². The van der Waals surface area contributed by atoms with Gasteiger partial charge in [0.1, 0.15) is 29.9 Å². The molecule has 63 heavy (non-hydrogen) atoms. The van der Waals surface area contributed by atoms with E-state index in [0.717, 1.165) is 18.0 Å². The molecule has 1 aromatic heterocycles. The van der Waals surface area contributed by atoms with Crippen molar-refractivity contribution < 1.29 is 47.1 Å². The number of benzene rings is 2. The van der Waals surface area contributed by atoms with Crippen molar-refractivity contribution in [3.8, 4) is 0 Å². The molecule has 16 nitrogen and oxygen atoms in total. The van der Waals surface area contributed by atoms with Crippen LogP contribution in [0.5, 0.6) is 0 Å². The molecule has 6 atom stereocenters. The second kappa shape index (κ2) is 23.3. The number of halogens is 2. The van der Waals surface area contributed by atoms with Gasteiger partial charge in [-0.25, -0.2) is 4.98 Å². The van der Waals surface area contributed by atoms with E-state index >= 15 is 8.78 Å². The number of nitrogens with zero attached hydrogens (tertiary/aromatic N) is 3. The number of fused-ring (bicyclic) bond motifs is 1. The Bertz CT molecular complexity index is 2020. The van der Waals surface area contributed by atoms with E-state index in [4.69, 9.17) is 4.74 Å². The first-order chi connectivity index (χ1) is 30.0. The Morgan fingerprint density at radius 3 is 2.16 bits per heavy atom. The standard InChI is InChI=1S/C36H47F2N7O8.C9H11N/c1-7-11-25(30(47)36(37,38)35(52)41-22(6)23-12-9-8-10-13-23)42-32(49)27-16-24(53-19-46)18-45(27)34(51)29(21(4)5)44-33(50)28(20(2)3)43-31(48)26-17-39-14-15-40-26;1-2-4-9-7-10-6-5-8(9)3-1/h8-10,12-15,17,19-22,24-25,27-29H,7,11,16,18H2,1-6H3,(H,41,52)(H,42,49)(H,43,48)(H,44,50);1-4,10H,5-7H2/t22-,24+,25-,27-,28-,29-;/m0./s1. The maximum absolute atomic E-state index is 15.4. The highest BCUT2D eigenvalue weighted by atomic mass is 19.3. The van der Waals surface area contributed by atoms with E-state index in [9.17, 15) is 33.6 Å². The molecule has 2 aliphatic rings. The van der Waals surface area contributed by atoms with Crippen molar-refractivity contribution in [2.75, 3.05) is 13.1 Å². The predicted molar refractivity (Wildman–Crippen MR) is 228 cm³/mol. The van der Waals surface area contributed by atoms with Crippen molar-refractivity contribution in [3.05, 3.63) is 95.6 Å². The van der Waals surface area contributed by atoms with Crippen molar-refractivity contribution in [3.63, 3.8) is 0 Å². The number of rotatable bonds is 18. The van der Waals surface area contributed by atoms with E-state index in [1.165, 1.54) is 43.1 Å². The van der Waals surface area contributed by atoms with Gasteiger partial charge in [0, 0.05) is 25.4 Å². The number of aromatic nitrogens is 2. The molecule has 5 N–H and O–H groups in total. The number of Topliss-reactive ketones (excluding diaryl/α,β-unsaturated/α-hetero) is 1. The van der Waals surface area contributed by atoms with Crippen LogP contribution in [0.1, 0.15) is 94.0 Å². The monoisotopic (exact) mass is 876 g/mol. The van der Waals surface area contributed by atoms with Crippen LogP contribution in [-0.4, -0.2) is 106 Å². The zero-order chi connectivity index (χ0) is 46.3. The zero-order valence-electron chi connectivity index (χ0n) is 36.4. The van der Waals surface area contributed by atoms with Gasteiger partial charge in [-0.15, -0.1) is 0 Å². The molecular weight excluding hydrogens is 819 g/mol. The summed E-state index contributed by atoms with van der Waals surface area (Å²) in [6.07, 6.45) is 3.81. The molecule has 0 radical (unpaired) electrons. The van der Waals surface area contributed by atoms with E-state index < -0.39 is 89.4 Å². The minimum Gasteiger partial charge on any atom is -0.463 e. The molecular formula is C45H58F2N8O8. The number of alkyl halides is 2. The van der Waals surface area contributed by atoms with Crippen molar-refractivity contribution in [2.45, 2.75) is 116 Å². The van der Waals surface area contributed by atoms with Gasteiger partial charge in [-0.1, -0.05) is 95.6 Å². The number of ketones is 1. The lowest BCUT2D eigenvalue weighted by Crippen LogP contribution is -2.60. The van der Waals surface area contributed by atoms with Crippen LogP contribution >= 0.6 is 0 Å². The molecule has 2 aromatic carbocycles. The molecule has 3 heterocycles. The summed E-state index contributed by atoms with van der Waals surface area (Å²) in [7, 11) is 0. The molecule has 5 rings (SSSR count). The van der Waals surface area contributed by atoms with Gasteiger partial charge in [0.15, 0.2) is 0 Å². The third-order valence-electron chi connectivity index (χ3n) is 10.8. The van der Waals surface area contributed by atoms with Crippen LogP contribution in [0.2, 0.25) is 0 Å². The Hall–Kier alpha value is -6.17. The number of hydrogen-bond donors (Lipinski definition) is 5. The van der Waals surface area contributed by atoms with Crippen molar-refractivity contribution >= 4 is 41.8 Å². The van der Waals surface area contributed by atoms with Crippen LogP contribution in [0.25, 0.3) is 0 Å². The number of carbonyl (C=O) groups excluding carboxylic acids is 7. The lowest BCUT2D eigenvalue weighted by molar-refractivity contribution is -0.161. The molecule has 5 amide bonds. The summed E-state index contributed by atoms with van der Waals surface area (Å²) in [4.78, 5) is 100. The van der Waals surface area contributed by atoms with E-state index in [1.807, 2.05) is 0 Å². The molecule has 0 saturated carbocycles. The van der Waals surface area contributed by atoms with Crippen LogP contribution in [0.15, 0.2) is 73.2 Å². The van der Waals surface area contributed by atoms with Crippen molar-refractivity contribution in [1.82, 2.24) is 41.5 Å². The number of ether oxygens (including phenoxy) is 1. The van der Waals surface area contributed by atoms with Gasteiger partial charge < -0.3 is 36.2 Å². The Labute approximate surface area is 366 Å². The van der Waals surface area contributed by atoms with Crippen LogP contribution in [0.4, 0.5) is 8.78 Å². The fourth-order valence-corrected chi connectivity index (χ4v) is 7.26. The van der Waals surface area contributed by atoms with Gasteiger partial charge in [-0.05, 0) is 54.8 Å². The van der Waals surface area contributed by atoms with E-state index in [1.54, 1.807) is 65.0 Å². The molecule has 340 valence electrons. The fraction of sp³-hybridized carbons (Fsp3) is 0.489. The smallest absolute Gasteiger partial charge is 0.383 e. The van der Waals surface area contributed by atoms with E-state index in [2.05, 4.69) is 60.8 Å². The lowest BCUT2D eigenvalue weighted by atomic mass is 9.98. The fourth-order valence-electron chi connectivity index (χ4n) is 7.26. The summed E-state index contributed by atoms with van der Waals surface area (Å²) in [5, 5.41) is 13.0. The van der Waals surface area contributed by atoms with Crippen molar-refractivity contribution in [2.24, 2.45) is 11.8 Å². The zero-order valence-corrected chi connectivity index (χ0v) is 36.4. The first kappa shape index (κ1) is 49.5. The molecule has 2 aliphatic heterocycles. The van der Waals surface area contributed by atoms with Gasteiger partial charge in [-0.2, -0.15) is 8.78 Å². The minimum absolute atomic E-state index is 0.0328. The van der Waals surface area contributed by atoms with Gasteiger partial charge >= 0.3 is 5.92 Å². The maximum atomic E-state index is 15.4. The highest BCUT2D eigenvalue weighted by Gasteiger charge is 2.52. The second-order valence-electron chi connectivity index (χ2n) is 16.2. The molecule has 0 aliphatic carbocycles. The van der Waals surface area contributed by atoms with Crippen LogP contribution in [0, 0.1) is 11.8 Å². The number of hydrogen-bond acceptors (Lipinski definition) is 11. The normalized spacial score (nSPS) is 17.7. The highest BCUT2D eigenvalue weighted by molar-refractivity contribution is 6.10. The lowest BCUT2D eigenvalue weighted by Gasteiger charge is -2.32. The van der Waals surface area contributed by atoms with Crippen LogP contribution < -0.4 is 26.6 Å². The summed E-state index contributed by atoms with van der Waals surface area (Å²) >= 11 is 0. The first-order valence-corrected chi connectivity index (χ1v) is 21.1. The summed E-state index contributed by atoms with van der Waals surface area (Å²) in [5.41, 5.74) is 3.48. The quantitative estimate of drug-likeness (QED) is 0.0924. The SMILES string of the molecule is CCC[C@H](NC(=O)[C@@H]1C[C@@H](OC=O)CN1C(=O)[C@@H](NC(=O)[C@@H](NC(=O)c1cnccn1)C(C)C)C(C)C)C(=O)C(F)(F)C(=O)N[C@@H](C)c1ccccc1.c1ccc2c(c1)CCNC2. The van der Waals surface area contributed by atoms with Gasteiger partial charge in [0.05, 0.1) is 24.8 Å². The molecule has 0 bridgehead atoms. The largest absolute Gasteiger partial charge is 0.463 e. The highest BCUT2D eigenvalue weighted by Crippen LogP contribution is 2.26. The third-order valence-corrected chi connectivity index (χ3v) is 10.8. The predicted octanol–water partition coefficient (Wildman–Crippen LogP) is 3.21. The minimum atomic E-state index is -4.52. The molecule has 3 aromatic rings. The number of carbonyl (C=O) groups is 7. The summed E-state index contributed by atoms with van der Waals surface area (Å²) in [5.74, 6) is -12.3.